The number of ether oxygens (including phenoxy) is 1. The van der Waals surface area contributed by atoms with Crippen molar-refractivity contribution >= 4 is 12.0 Å². The molecule has 2 amide bonds. The van der Waals surface area contributed by atoms with Gasteiger partial charge in [-0.25, -0.2) is 9.69 Å². The number of carbonyl (C=O) groups excluding carboxylic acids is 2. The highest BCUT2D eigenvalue weighted by Crippen LogP contribution is 2.21. The standard InChI is InChI=1S/C17H21NO4/c1-3-7-15(19)12(2)16(20)18-14(11-22-17(18)21)10-13-8-5-4-6-9-13/h3-6,8-9,12,14-15,19H,1,7,10-11H2,2H3/t12-,14-,15+/m1/s1. The molecular formula is C17H21NO4. The Morgan fingerprint density at radius 1 is 1.50 bits per heavy atom. The molecule has 0 aliphatic carbocycles. The first kappa shape index (κ1) is 16.2. The summed E-state index contributed by atoms with van der Waals surface area (Å²) in [6.45, 7) is 5.35. The smallest absolute Gasteiger partial charge is 0.416 e. The van der Waals surface area contributed by atoms with Crippen LogP contribution in [0.25, 0.3) is 0 Å². The second-order valence-corrected chi connectivity index (χ2v) is 5.51. The minimum absolute atomic E-state index is 0.184. The molecule has 5 nitrogen and oxygen atoms in total. The van der Waals surface area contributed by atoms with E-state index >= 15 is 0 Å². The first-order valence-electron chi connectivity index (χ1n) is 7.37. The van der Waals surface area contributed by atoms with Gasteiger partial charge in [-0.1, -0.05) is 43.3 Å². The first-order chi connectivity index (χ1) is 10.5. The molecule has 118 valence electrons. The van der Waals surface area contributed by atoms with Gasteiger partial charge in [0.25, 0.3) is 0 Å². The SMILES string of the molecule is C=CC[C@H](O)[C@@H](C)C(=O)N1C(=O)OC[C@H]1Cc1ccccc1. The van der Waals surface area contributed by atoms with Gasteiger partial charge in [-0.15, -0.1) is 6.58 Å². The summed E-state index contributed by atoms with van der Waals surface area (Å²) in [5.41, 5.74) is 1.03. The van der Waals surface area contributed by atoms with Crippen LogP contribution in [0.1, 0.15) is 18.9 Å². The van der Waals surface area contributed by atoms with E-state index in [0.29, 0.717) is 12.8 Å². The van der Waals surface area contributed by atoms with Crippen molar-refractivity contribution in [2.75, 3.05) is 6.61 Å². The van der Waals surface area contributed by atoms with Gasteiger partial charge in [0.15, 0.2) is 0 Å². The molecule has 1 heterocycles. The number of hydrogen-bond acceptors (Lipinski definition) is 4. The van der Waals surface area contributed by atoms with Crippen LogP contribution in [-0.2, 0) is 16.0 Å². The molecule has 3 atom stereocenters. The predicted molar refractivity (Wildman–Crippen MR) is 82.1 cm³/mol. The fraction of sp³-hybridized carbons (Fsp3) is 0.412. The molecular weight excluding hydrogens is 282 g/mol. The number of aliphatic hydroxyl groups is 1. The van der Waals surface area contributed by atoms with E-state index in [2.05, 4.69) is 6.58 Å². The minimum Gasteiger partial charge on any atom is -0.447 e. The van der Waals surface area contributed by atoms with Crippen molar-refractivity contribution in [1.82, 2.24) is 4.90 Å². The highest BCUT2D eigenvalue weighted by atomic mass is 16.6. The van der Waals surface area contributed by atoms with Crippen molar-refractivity contribution in [3.8, 4) is 0 Å². The van der Waals surface area contributed by atoms with E-state index in [1.807, 2.05) is 30.3 Å². The molecule has 0 radical (unpaired) electrons. The molecule has 0 unspecified atom stereocenters. The molecule has 1 aliphatic heterocycles. The molecule has 1 aromatic rings. The van der Waals surface area contributed by atoms with Gasteiger partial charge < -0.3 is 9.84 Å². The molecule has 0 aromatic heterocycles. The second-order valence-electron chi connectivity index (χ2n) is 5.51. The third-order valence-corrected chi connectivity index (χ3v) is 3.89. The molecule has 5 heteroatoms. The van der Waals surface area contributed by atoms with Crippen LogP contribution in [0.2, 0.25) is 0 Å². The summed E-state index contributed by atoms with van der Waals surface area (Å²) in [6.07, 6.45) is 0.916. The maximum Gasteiger partial charge on any atom is 0.416 e. The van der Waals surface area contributed by atoms with E-state index < -0.39 is 24.0 Å². The van der Waals surface area contributed by atoms with Crippen LogP contribution in [0, 0.1) is 5.92 Å². The van der Waals surface area contributed by atoms with Crippen molar-refractivity contribution in [1.29, 1.82) is 0 Å². The monoisotopic (exact) mass is 303 g/mol. The molecule has 1 N–H and O–H groups in total. The number of hydrogen-bond donors (Lipinski definition) is 1. The summed E-state index contributed by atoms with van der Waals surface area (Å²) in [7, 11) is 0. The lowest BCUT2D eigenvalue weighted by Gasteiger charge is -2.25. The molecule has 2 rings (SSSR count). The normalized spacial score (nSPS) is 20.4. The maximum absolute atomic E-state index is 12.5. The predicted octanol–water partition coefficient (Wildman–Crippen LogP) is 2.15. The molecule has 1 aliphatic rings. The Kier molecular flexibility index (Phi) is 5.33. The number of aliphatic hydroxyl groups excluding tert-OH is 1. The molecule has 1 fully saturated rings. The molecule has 0 saturated carbocycles. The summed E-state index contributed by atoms with van der Waals surface area (Å²) in [6, 6.07) is 9.30. The van der Waals surface area contributed by atoms with Crippen molar-refractivity contribution in [2.24, 2.45) is 5.92 Å². The Morgan fingerprint density at radius 2 is 2.18 bits per heavy atom. The Balaban J connectivity index is 2.10. The number of benzene rings is 1. The molecule has 22 heavy (non-hydrogen) atoms. The van der Waals surface area contributed by atoms with Gasteiger partial charge in [0.2, 0.25) is 5.91 Å². The fourth-order valence-corrected chi connectivity index (χ4v) is 2.53. The summed E-state index contributed by atoms with van der Waals surface area (Å²) >= 11 is 0. The van der Waals surface area contributed by atoms with Crippen LogP contribution >= 0.6 is 0 Å². The van der Waals surface area contributed by atoms with Crippen LogP contribution < -0.4 is 0 Å². The minimum atomic E-state index is -0.851. The summed E-state index contributed by atoms with van der Waals surface area (Å²) < 4.78 is 5.03. The zero-order valence-corrected chi connectivity index (χ0v) is 12.6. The van der Waals surface area contributed by atoms with Crippen LogP contribution in [0.5, 0.6) is 0 Å². The third-order valence-electron chi connectivity index (χ3n) is 3.89. The zero-order chi connectivity index (χ0) is 16.1. The Bertz CT molecular complexity index is 543. The fourth-order valence-electron chi connectivity index (χ4n) is 2.53. The van der Waals surface area contributed by atoms with Gasteiger partial charge in [-0.3, -0.25) is 4.79 Å². The van der Waals surface area contributed by atoms with Crippen LogP contribution in [-0.4, -0.2) is 40.8 Å². The lowest BCUT2D eigenvalue weighted by molar-refractivity contribution is -0.136. The van der Waals surface area contributed by atoms with Gasteiger partial charge in [0.1, 0.15) is 6.61 Å². The van der Waals surface area contributed by atoms with Crippen molar-refractivity contribution in [3.63, 3.8) is 0 Å². The van der Waals surface area contributed by atoms with Gasteiger partial charge in [-0.2, -0.15) is 0 Å². The average Bonchev–Trinajstić information content (AvgIpc) is 2.87. The summed E-state index contributed by atoms with van der Waals surface area (Å²) in [5, 5.41) is 9.94. The summed E-state index contributed by atoms with van der Waals surface area (Å²) in [5.74, 6) is -1.08. The zero-order valence-electron chi connectivity index (χ0n) is 12.6. The number of rotatable bonds is 6. The van der Waals surface area contributed by atoms with Crippen LogP contribution in [0.15, 0.2) is 43.0 Å². The van der Waals surface area contributed by atoms with Crippen molar-refractivity contribution in [2.45, 2.75) is 31.9 Å². The highest BCUT2D eigenvalue weighted by molar-refractivity contribution is 5.95. The number of nitrogens with zero attached hydrogens (tertiary/aromatic N) is 1. The van der Waals surface area contributed by atoms with E-state index in [1.165, 1.54) is 0 Å². The first-order valence-corrected chi connectivity index (χ1v) is 7.37. The molecule has 1 aromatic carbocycles. The Morgan fingerprint density at radius 3 is 2.82 bits per heavy atom. The van der Waals surface area contributed by atoms with Gasteiger partial charge in [0, 0.05) is 0 Å². The lowest BCUT2D eigenvalue weighted by Crippen LogP contribution is -2.45. The quantitative estimate of drug-likeness (QED) is 0.818. The average molecular weight is 303 g/mol. The number of carbonyl (C=O) groups is 2. The van der Waals surface area contributed by atoms with Gasteiger partial charge in [0.05, 0.1) is 18.1 Å². The van der Waals surface area contributed by atoms with Gasteiger partial charge in [-0.05, 0) is 18.4 Å². The second kappa shape index (κ2) is 7.22. The Hall–Kier alpha value is -2.14. The van der Waals surface area contributed by atoms with Crippen LogP contribution in [0.3, 0.4) is 0 Å². The van der Waals surface area contributed by atoms with E-state index in [0.717, 1.165) is 10.5 Å². The highest BCUT2D eigenvalue weighted by Gasteiger charge is 2.40. The van der Waals surface area contributed by atoms with Gasteiger partial charge >= 0.3 is 6.09 Å². The largest absolute Gasteiger partial charge is 0.447 e. The third kappa shape index (κ3) is 3.54. The number of cyclic esters (lactones) is 1. The number of amides is 2. The topological polar surface area (TPSA) is 66.8 Å². The van der Waals surface area contributed by atoms with E-state index in [4.69, 9.17) is 4.74 Å². The molecule has 0 bridgehead atoms. The van der Waals surface area contributed by atoms with E-state index in [-0.39, 0.29) is 12.6 Å². The number of imide groups is 1. The van der Waals surface area contributed by atoms with Crippen LogP contribution in [0.4, 0.5) is 4.79 Å². The van der Waals surface area contributed by atoms with Crippen molar-refractivity contribution in [3.05, 3.63) is 48.6 Å². The summed E-state index contributed by atoms with van der Waals surface area (Å²) in [4.78, 5) is 25.5. The lowest BCUT2D eigenvalue weighted by atomic mass is 9.98. The van der Waals surface area contributed by atoms with Crippen molar-refractivity contribution < 1.29 is 19.4 Å². The maximum atomic E-state index is 12.5. The molecule has 0 spiro atoms. The van der Waals surface area contributed by atoms with E-state index in [9.17, 15) is 14.7 Å². The Labute approximate surface area is 130 Å². The van der Waals surface area contributed by atoms with E-state index in [1.54, 1.807) is 13.0 Å². The molecule has 1 saturated heterocycles.